The SMILES string of the molecule is CC(C)(C)C(=O)OC12C[C@H]3CC(C[C@@H]1/C3=N\Cc1ccccn1)CN(C(=O)CC(F)(F)F)C2. The molecule has 1 aromatic heterocycles. The van der Waals surface area contributed by atoms with Crippen molar-refractivity contribution in [2.24, 2.45) is 28.2 Å². The molecule has 2 aliphatic carbocycles. The molecule has 1 aromatic rings. The van der Waals surface area contributed by atoms with Crippen LogP contribution in [0.2, 0.25) is 0 Å². The van der Waals surface area contributed by atoms with Crippen LogP contribution in [-0.4, -0.2) is 52.3 Å². The van der Waals surface area contributed by atoms with Crippen LogP contribution in [0.4, 0.5) is 13.2 Å². The average molecular weight is 466 g/mol. The molecule has 180 valence electrons. The summed E-state index contributed by atoms with van der Waals surface area (Å²) in [5.41, 5.74) is -0.0577. The zero-order chi connectivity index (χ0) is 24.0. The highest BCUT2D eigenvalue weighted by Crippen LogP contribution is 2.53. The first-order chi connectivity index (χ1) is 15.4. The summed E-state index contributed by atoms with van der Waals surface area (Å²) in [5.74, 6) is -1.44. The Kier molecular flexibility index (Phi) is 6.03. The average Bonchev–Trinajstić information content (AvgIpc) is 2.80. The van der Waals surface area contributed by atoms with Crippen LogP contribution in [0.3, 0.4) is 0 Å². The van der Waals surface area contributed by atoms with Gasteiger partial charge in [-0.2, -0.15) is 13.2 Å². The number of nitrogens with zero attached hydrogens (tertiary/aromatic N) is 3. The van der Waals surface area contributed by atoms with Gasteiger partial charge < -0.3 is 9.64 Å². The van der Waals surface area contributed by atoms with Crippen molar-refractivity contribution in [3.8, 4) is 0 Å². The van der Waals surface area contributed by atoms with Crippen LogP contribution < -0.4 is 0 Å². The van der Waals surface area contributed by atoms with E-state index in [2.05, 4.69) is 4.98 Å². The number of alkyl halides is 3. The number of esters is 1. The summed E-state index contributed by atoms with van der Waals surface area (Å²) < 4.78 is 45.0. The fourth-order valence-corrected chi connectivity index (χ4v) is 5.47. The molecule has 1 saturated heterocycles. The van der Waals surface area contributed by atoms with Crippen LogP contribution in [0, 0.1) is 23.2 Å². The summed E-state index contributed by atoms with van der Waals surface area (Å²) in [6.07, 6.45) is -2.53. The van der Waals surface area contributed by atoms with Gasteiger partial charge in [0.25, 0.3) is 0 Å². The van der Waals surface area contributed by atoms with Gasteiger partial charge in [0.05, 0.1) is 24.2 Å². The fraction of sp³-hybridized carbons (Fsp3) is 0.667. The Labute approximate surface area is 191 Å². The van der Waals surface area contributed by atoms with E-state index in [0.717, 1.165) is 17.8 Å². The van der Waals surface area contributed by atoms with Crippen molar-refractivity contribution < 1.29 is 27.5 Å². The molecular weight excluding hydrogens is 435 g/mol. The quantitative estimate of drug-likeness (QED) is 0.625. The third-order valence-electron chi connectivity index (χ3n) is 6.89. The van der Waals surface area contributed by atoms with E-state index in [1.807, 2.05) is 18.2 Å². The Morgan fingerprint density at radius 3 is 2.64 bits per heavy atom. The van der Waals surface area contributed by atoms with Gasteiger partial charge in [-0.25, -0.2) is 0 Å². The Balaban J connectivity index is 1.66. The molecule has 0 radical (unpaired) electrons. The molecule has 3 bridgehead atoms. The van der Waals surface area contributed by atoms with E-state index in [4.69, 9.17) is 9.73 Å². The Morgan fingerprint density at radius 1 is 1.24 bits per heavy atom. The molecule has 9 heteroatoms. The van der Waals surface area contributed by atoms with Gasteiger partial charge in [-0.3, -0.25) is 19.6 Å². The molecule has 2 heterocycles. The number of ether oxygens (including phenoxy) is 1. The summed E-state index contributed by atoms with van der Waals surface area (Å²) in [7, 11) is 0. The molecule has 0 spiro atoms. The number of aliphatic imine (C=N–C) groups is 1. The van der Waals surface area contributed by atoms with Gasteiger partial charge in [-0.05, 0) is 58.1 Å². The zero-order valence-corrected chi connectivity index (χ0v) is 19.2. The number of hydrogen-bond donors (Lipinski definition) is 0. The second-order valence-corrected chi connectivity index (χ2v) is 10.6. The third-order valence-corrected chi connectivity index (χ3v) is 6.89. The van der Waals surface area contributed by atoms with Crippen molar-refractivity contribution in [1.29, 1.82) is 0 Å². The minimum Gasteiger partial charge on any atom is -0.456 e. The second-order valence-electron chi connectivity index (χ2n) is 10.6. The minimum absolute atomic E-state index is 0.0238. The van der Waals surface area contributed by atoms with Crippen LogP contribution in [0.15, 0.2) is 29.4 Å². The van der Waals surface area contributed by atoms with E-state index in [0.29, 0.717) is 19.4 Å². The van der Waals surface area contributed by atoms with Gasteiger partial charge in [0.2, 0.25) is 5.91 Å². The number of pyridine rings is 1. The van der Waals surface area contributed by atoms with Crippen molar-refractivity contribution in [2.45, 2.75) is 64.8 Å². The summed E-state index contributed by atoms with van der Waals surface area (Å²) in [4.78, 5) is 35.9. The number of fused-ring (bicyclic) bond motifs is 2. The molecule has 1 aliphatic heterocycles. The maximum absolute atomic E-state index is 13.0. The highest BCUT2D eigenvalue weighted by molar-refractivity contribution is 5.94. The number of aromatic nitrogens is 1. The van der Waals surface area contributed by atoms with Crippen LogP contribution in [-0.2, 0) is 20.9 Å². The van der Waals surface area contributed by atoms with Crippen molar-refractivity contribution in [3.05, 3.63) is 30.1 Å². The van der Waals surface area contributed by atoms with Gasteiger partial charge in [0.15, 0.2) is 0 Å². The minimum atomic E-state index is -4.58. The predicted molar refractivity (Wildman–Crippen MR) is 115 cm³/mol. The molecule has 33 heavy (non-hydrogen) atoms. The highest BCUT2D eigenvalue weighted by atomic mass is 19.4. The van der Waals surface area contributed by atoms with Crippen LogP contribution in [0.5, 0.6) is 0 Å². The van der Waals surface area contributed by atoms with Crippen LogP contribution in [0.1, 0.15) is 52.1 Å². The second kappa shape index (κ2) is 8.40. The van der Waals surface area contributed by atoms with Crippen molar-refractivity contribution in [3.63, 3.8) is 0 Å². The maximum atomic E-state index is 13.0. The highest BCUT2D eigenvalue weighted by Gasteiger charge is 2.61. The molecule has 3 fully saturated rings. The van der Waals surface area contributed by atoms with E-state index in [-0.39, 0.29) is 30.8 Å². The monoisotopic (exact) mass is 465 g/mol. The van der Waals surface area contributed by atoms with Crippen LogP contribution in [0.25, 0.3) is 0 Å². The van der Waals surface area contributed by atoms with E-state index in [1.54, 1.807) is 27.0 Å². The molecule has 0 N–H and O–H groups in total. The van der Waals surface area contributed by atoms with Gasteiger partial charge in [-0.1, -0.05) is 6.07 Å². The normalized spacial score (nSPS) is 30.4. The first kappa shape index (κ1) is 23.7. The lowest BCUT2D eigenvalue weighted by Crippen LogP contribution is -2.51. The number of amides is 1. The summed E-state index contributed by atoms with van der Waals surface area (Å²) in [5, 5.41) is 0. The Bertz CT molecular complexity index is 942. The molecule has 4 atom stereocenters. The third kappa shape index (κ3) is 5.06. The maximum Gasteiger partial charge on any atom is 0.397 e. The standard InChI is InChI=1S/C24H30F3N3O3/c1-22(2,3)21(32)33-23-10-16-8-15(13-30(14-23)19(31)11-24(25,26)27)9-18(23)20(16)29-12-17-6-4-5-7-28-17/h4-7,15-16,18H,8-14H2,1-3H3/b29-20-/t15?,16-,18-,23?/m1/s1. The molecule has 6 nitrogen and oxygen atoms in total. The van der Waals surface area contributed by atoms with Crippen molar-refractivity contribution >= 4 is 17.6 Å². The van der Waals surface area contributed by atoms with Gasteiger partial charge in [-0.15, -0.1) is 0 Å². The Hall–Kier alpha value is -2.45. The van der Waals surface area contributed by atoms with E-state index >= 15 is 0 Å². The molecule has 0 aromatic carbocycles. The lowest BCUT2D eigenvalue weighted by Gasteiger charge is -2.38. The number of likely N-dealkylation sites (tertiary alicyclic amines) is 1. The largest absolute Gasteiger partial charge is 0.456 e. The van der Waals surface area contributed by atoms with Gasteiger partial charge >= 0.3 is 12.1 Å². The molecule has 2 unspecified atom stereocenters. The first-order valence-corrected chi connectivity index (χ1v) is 11.4. The number of halogens is 3. The molecule has 3 aliphatic rings. The smallest absolute Gasteiger partial charge is 0.397 e. The van der Waals surface area contributed by atoms with E-state index in [9.17, 15) is 22.8 Å². The summed E-state index contributed by atoms with van der Waals surface area (Å²) in [6, 6.07) is 5.61. The lowest BCUT2D eigenvalue weighted by molar-refractivity contribution is -0.179. The van der Waals surface area contributed by atoms with Gasteiger partial charge in [0, 0.05) is 30.3 Å². The number of hydrogen-bond acceptors (Lipinski definition) is 5. The lowest BCUT2D eigenvalue weighted by atomic mass is 9.78. The topological polar surface area (TPSA) is 71.9 Å². The Morgan fingerprint density at radius 2 is 2.00 bits per heavy atom. The fourth-order valence-electron chi connectivity index (χ4n) is 5.47. The molecule has 1 amide bonds. The van der Waals surface area contributed by atoms with E-state index in [1.165, 1.54) is 4.90 Å². The van der Waals surface area contributed by atoms with Crippen molar-refractivity contribution in [1.82, 2.24) is 9.88 Å². The summed E-state index contributed by atoms with van der Waals surface area (Å²) >= 11 is 0. The molecule has 4 rings (SSSR count). The first-order valence-electron chi connectivity index (χ1n) is 11.4. The van der Waals surface area contributed by atoms with Gasteiger partial charge in [0.1, 0.15) is 12.0 Å². The summed E-state index contributed by atoms with van der Waals surface area (Å²) in [6.45, 7) is 5.86. The number of carbonyl (C=O) groups excluding carboxylic acids is 2. The zero-order valence-electron chi connectivity index (χ0n) is 19.2. The number of rotatable bonds is 4. The van der Waals surface area contributed by atoms with E-state index < -0.39 is 35.5 Å². The number of carbonyl (C=O) groups is 2. The molecule has 2 saturated carbocycles. The predicted octanol–water partition coefficient (Wildman–Crippen LogP) is 4.19. The van der Waals surface area contributed by atoms with Crippen molar-refractivity contribution in [2.75, 3.05) is 13.1 Å². The molecular formula is C24H30F3N3O3. The van der Waals surface area contributed by atoms with Crippen LogP contribution >= 0.6 is 0 Å².